The van der Waals surface area contributed by atoms with Gasteiger partial charge in [-0.3, -0.25) is 4.79 Å². The van der Waals surface area contributed by atoms with Crippen LogP contribution in [0.2, 0.25) is 0 Å². The van der Waals surface area contributed by atoms with E-state index in [1.807, 2.05) is 17.5 Å². The molecule has 5 nitrogen and oxygen atoms in total. The van der Waals surface area contributed by atoms with Gasteiger partial charge < -0.3 is 9.63 Å². The van der Waals surface area contributed by atoms with Crippen molar-refractivity contribution in [3.8, 4) is 10.7 Å². The number of carbonyl (C=O) groups is 1. The van der Waals surface area contributed by atoms with E-state index in [1.165, 1.54) is 23.1 Å². The van der Waals surface area contributed by atoms with Crippen molar-refractivity contribution < 1.29 is 14.4 Å². The van der Waals surface area contributed by atoms with Gasteiger partial charge in [-0.15, -0.1) is 23.1 Å². The molecule has 0 aromatic carbocycles. The van der Waals surface area contributed by atoms with Crippen LogP contribution >= 0.6 is 23.1 Å². The summed E-state index contributed by atoms with van der Waals surface area (Å²) in [5.41, 5.74) is 0. The third-order valence-corrected chi connectivity index (χ3v) is 4.43. The van der Waals surface area contributed by atoms with Crippen molar-refractivity contribution in [3.05, 3.63) is 23.4 Å². The third-order valence-electron chi connectivity index (χ3n) is 2.28. The van der Waals surface area contributed by atoms with E-state index in [1.54, 1.807) is 13.8 Å². The van der Waals surface area contributed by atoms with Crippen molar-refractivity contribution in [1.82, 2.24) is 10.1 Å². The van der Waals surface area contributed by atoms with Crippen molar-refractivity contribution in [2.24, 2.45) is 0 Å². The second kappa shape index (κ2) is 5.11. The van der Waals surface area contributed by atoms with E-state index < -0.39 is 10.7 Å². The number of carboxylic acids is 1. The summed E-state index contributed by atoms with van der Waals surface area (Å²) >= 11 is 2.79. The zero-order valence-corrected chi connectivity index (χ0v) is 11.5. The molecule has 0 aliphatic heterocycles. The molecular weight excluding hydrogens is 272 g/mol. The van der Waals surface area contributed by atoms with E-state index in [0.29, 0.717) is 17.5 Å². The van der Waals surface area contributed by atoms with Crippen LogP contribution in [0.5, 0.6) is 0 Å². The van der Waals surface area contributed by atoms with E-state index in [2.05, 4.69) is 10.1 Å². The summed E-state index contributed by atoms with van der Waals surface area (Å²) in [5, 5.41) is 14.8. The predicted molar refractivity (Wildman–Crippen MR) is 70.6 cm³/mol. The topological polar surface area (TPSA) is 76.2 Å². The second-order valence-corrected chi connectivity index (χ2v) is 6.64. The summed E-state index contributed by atoms with van der Waals surface area (Å²) in [6.07, 6.45) is 0. The first-order valence-corrected chi connectivity index (χ1v) is 7.09. The largest absolute Gasteiger partial charge is 0.480 e. The molecule has 0 spiro atoms. The maximum absolute atomic E-state index is 10.9. The van der Waals surface area contributed by atoms with Gasteiger partial charge in [0.25, 0.3) is 0 Å². The predicted octanol–water partition coefficient (Wildman–Crippen LogP) is 2.89. The van der Waals surface area contributed by atoms with Crippen LogP contribution in [0.4, 0.5) is 0 Å². The van der Waals surface area contributed by atoms with Gasteiger partial charge >= 0.3 is 5.97 Å². The van der Waals surface area contributed by atoms with Crippen molar-refractivity contribution in [1.29, 1.82) is 0 Å². The lowest BCUT2D eigenvalue weighted by Gasteiger charge is -2.16. The Hall–Kier alpha value is -1.34. The van der Waals surface area contributed by atoms with Crippen molar-refractivity contribution in [2.75, 3.05) is 0 Å². The lowest BCUT2D eigenvalue weighted by atomic mass is 10.2. The van der Waals surface area contributed by atoms with Gasteiger partial charge in [-0.2, -0.15) is 4.98 Å². The molecule has 2 aromatic rings. The van der Waals surface area contributed by atoms with Gasteiger partial charge in [0.15, 0.2) is 0 Å². The number of nitrogens with zero attached hydrogens (tertiary/aromatic N) is 2. The molecule has 0 bridgehead atoms. The molecule has 2 heterocycles. The first-order valence-electron chi connectivity index (χ1n) is 5.23. The van der Waals surface area contributed by atoms with Crippen LogP contribution < -0.4 is 0 Å². The molecule has 0 atom stereocenters. The van der Waals surface area contributed by atoms with E-state index >= 15 is 0 Å². The Balaban J connectivity index is 2.02. The van der Waals surface area contributed by atoms with Crippen LogP contribution in [-0.4, -0.2) is 26.0 Å². The highest BCUT2D eigenvalue weighted by Crippen LogP contribution is 2.29. The number of aromatic nitrogens is 2. The van der Waals surface area contributed by atoms with Crippen molar-refractivity contribution in [2.45, 2.75) is 24.3 Å². The summed E-state index contributed by atoms with van der Waals surface area (Å²) in [4.78, 5) is 16.1. The van der Waals surface area contributed by atoms with Crippen LogP contribution in [0.1, 0.15) is 19.7 Å². The fraction of sp³-hybridized carbons (Fsp3) is 0.364. The maximum atomic E-state index is 10.9. The fourth-order valence-corrected chi connectivity index (χ4v) is 2.50. The third kappa shape index (κ3) is 2.91. The molecule has 18 heavy (non-hydrogen) atoms. The highest BCUT2D eigenvalue weighted by Gasteiger charge is 2.28. The lowest BCUT2D eigenvalue weighted by Crippen LogP contribution is -2.27. The molecule has 0 radical (unpaired) electrons. The minimum Gasteiger partial charge on any atom is -0.480 e. The monoisotopic (exact) mass is 284 g/mol. The molecule has 0 aliphatic carbocycles. The standard InChI is InChI=1S/C11H12N2O3S2/c1-11(2,10(14)15)18-6-8-12-9(13-16-8)7-4-3-5-17-7/h3-5H,6H2,1-2H3,(H,14,15). The van der Waals surface area contributed by atoms with E-state index in [0.717, 1.165) is 4.88 Å². The number of aliphatic carboxylic acids is 1. The number of thioether (sulfide) groups is 1. The number of hydrogen-bond donors (Lipinski definition) is 1. The van der Waals surface area contributed by atoms with Gasteiger partial charge in [-0.05, 0) is 25.3 Å². The molecule has 96 valence electrons. The summed E-state index contributed by atoms with van der Waals surface area (Å²) in [7, 11) is 0. The maximum Gasteiger partial charge on any atom is 0.319 e. The van der Waals surface area contributed by atoms with Crippen LogP contribution in [-0.2, 0) is 10.5 Å². The Kier molecular flexibility index (Phi) is 3.72. The smallest absolute Gasteiger partial charge is 0.319 e. The summed E-state index contributed by atoms with van der Waals surface area (Å²) < 4.78 is 4.23. The molecule has 7 heteroatoms. The number of hydrogen-bond acceptors (Lipinski definition) is 6. The minimum absolute atomic E-state index is 0.387. The number of thiophene rings is 1. The highest BCUT2D eigenvalue weighted by atomic mass is 32.2. The molecule has 2 rings (SSSR count). The Morgan fingerprint density at radius 3 is 3.00 bits per heavy atom. The molecular formula is C11H12N2O3S2. The molecule has 0 saturated heterocycles. The first-order chi connectivity index (χ1) is 8.49. The van der Waals surface area contributed by atoms with Crippen LogP contribution in [0, 0.1) is 0 Å². The van der Waals surface area contributed by atoms with Gasteiger partial charge in [0.1, 0.15) is 4.75 Å². The van der Waals surface area contributed by atoms with E-state index in [9.17, 15) is 4.79 Å². The summed E-state index contributed by atoms with van der Waals surface area (Å²) in [6.45, 7) is 3.30. The lowest BCUT2D eigenvalue weighted by molar-refractivity contribution is -0.138. The Morgan fingerprint density at radius 2 is 2.39 bits per heavy atom. The Labute approximate surface area is 112 Å². The molecule has 0 saturated carbocycles. The molecule has 2 aromatic heterocycles. The molecule has 0 fully saturated rings. The second-order valence-electron chi connectivity index (χ2n) is 4.09. The fourth-order valence-electron chi connectivity index (χ4n) is 1.12. The van der Waals surface area contributed by atoms with Crippen LogP contribution in [0.3, 0.4) is 0 Å². The molecule has 0 unspecified atom stereocenters. The zero-order chi connectivity index (χ0) is 13.2. The summed E-state index contributed by atoms with van der Waals surface area (Å²) in [5.74, 6) is 0.523. The van der Waals surface area contributed by atoms with Gasteiger partial charge in [0.05, 0.1) is 10.6 Å². The van der Waals surface area contributed by atoms with Gasteiger partial charge in [0.2, 0.25) is 11.7 Å². The number of carboxylic acid groups (broad SMARTS) is 1. The van der Waals surface area contributed by atoms with Gasteiger partial charge in [-0.1, -0.05) is 11.2 Å². The van der Waals surface area contributed by atoms with Crippen LogP contribution in [0.25, 0.3) is 10.7 Å². The quantitative estimate of drug-likeness (QED) is 0.909. The average molecular weight is 284 g/mol. The molecule has 1 N–H and O–H groups in total. The Morgan fingerprint density at radius 1 is 1.61 bits per heavy atom. The Bertz CT molecular complexity index is 534. The van der Waals surface area contributed by atoms with Gasteiger partial charge in [-0.25, -0.2) is 0 Å². The molecule has 0 amide bonds. The minimum atomic E-state index is -0.864. The van der Waals surface area contributed by atoms with Gasteiger partial charge in [0, 0.05) is 0 Å². The zero-order valence-electron chi connectivity index (χ0n) is 9.91. The highest BCUT2D eigenvalue weighted by molar-refractivity contribution is 8.00. The van der Waals surface area contributed by atoms with E-state index in [-0.39, 0.29) is 0 Å². The average Bonchev–Trinajstić information content (AvgIpc) is 2.97. The van der Waals surface area contributed by atoms with Crippen molar-refractivity contribution in [3.63, 3.8) is 0 Å². The van der Waals surface area contributed by atoms with E-state index in [4.69, 9.17) is 9.63 Å². The number of rotatable bonds is 5. The normalized spacial score (nSPS) is 11.7. The first kappa shape index (κ1) is 13.1. The summed E-state index contributed by atoms with van der Waals surface area (Å²) in [6, 6.07) is 3.83. The van der Waals surface area contributed by atoms with Crippen LogP contribution in [0.15, 0.2) is 22.0 Å². The SMILES string of the molecule is CC(C)(SCc1nc(-c2cccs2)no1)C(=O)O. The van der Waals surface area contributed by atoms with Crippen molar-refractivity contribution >= 4 is 29.1 Å². The molecule has 0 aliphatic rings.